The van der Waals surface area contributed by atoms with E-state index in [4.69, 9.17) is 4.42 Å². The molecule has 4 nitrogen and oxygen atoms in total. The van der Waals surface area contributed by atoms with Gasteiger partial charge in [0.15, 0.2) is 11.7 Å². The van der Waals surface area contributed by atoms with Crippen molar-refractivity contribution in [1.82, 2.24) is 4.90 Å². The summed E-state index contributed by atoms with van der Waals surface area (Å²) < 4.78 is 5.26. The van der Waals surface area contributed by atoms with Crippen molar-refractivity contribution in [3.05, 3.63) is 48.2 Å². The van der Waals surface area contributed by atoms with Crippen molar-refractivity contribution in [2.45, 2.75) is 12.8 Å². The van der Waals surface area contributed by atoms with Crippen LogP contribution in [0.2, 0.25) is 0 Å². The maximum absolute atomic E-state index is 12.6. The van der Waals surface area contributed by atoms with E-state index in [1.165, 1.54) is 0 Å². The van der Waals surface area contributed by atoms with E-state index in [0.29, 0.717) is 5.88 Å². The second-order valence-corrected chi connectivity index (χ2v) is 5.62. The van der Waals surface area contributed by atoms with E-state index in [1.54, 1.807) is 6.26 Å². The second-order valence-electron chi connectivity index (χ2n) is 5.62. The lowest BCUT2D eigenvalue weighted by atomic mass is 9.89. The summed E-state index contributed by atoms with van der Waals surface area (Å²) in [4.78, 5) is 14.9. The number of benzene rings is 1. The molecule has 0 aliphatic carbocycles. The zero-order chi connectivity index (χ0) is 14.7. The largest absolute Gasteiger partial charge is 0.449 e. The lowest BCUT2D eigenvalue weighted by molar-refractivity contribution is 0.0857. The molecule has 1 fully saturated rings. The monoisotopic (exact) mass is 284 g/mol. The van der Waals surface area contributed by atoms with Crippen LogP contribution in [0.15, 0.2) is 47.1 Å². The number of nitrogens with one attached hydrogen (secondary N) is 1. The van der Waals surface area contributed by atoms with Crippen LogP contribution >= 0.6 is 0 Å². The topological polar surface area (TPSA) is 45.5 Å². The third-order valence-corrected chi connectivity index (χ3v) is 4.03. The Kier molecular flexibility index (Phi) is 4.06. The third kappa shape index (κ3) is 3.34. The van der Waals surface area contributed by atoms with E-state index in [2.05, 4.69) is 17.3 Å². The normalized spacial score (nSPS) is 16.8. The van der Waals surface area contributed by atoms with E-state index in [1.807, 2.05) is 36.4 Å². The first-order valence-electron chi connectivity index (χ1n) is 7.36. The van der Waals surface area contributed by atoms with Crippen LogP contribution in [0.5, 0.6) is 0 Å². The Bertz CT molecular complexity index is 599. The molecule has 1 aromatic heterocycles. The zero-order valence-electron chi connectivity index (χ0n) is 12.2. The molecule has 0 atom stereocenters. The van der Waals surface area contributed by atoms with Crippen LogP contribution in [0.4, 0.5) is 11.6 Å². The molecule has 0 radical (unpaired) electrons. The van der Waals surface area contributed by atoms with Crippen molar-refractivity contribution in [3.8, 4) is 0 Å². The van der Waals surface area contributed by atoms with Gasteiger partial charge in [-0.2, -0.15) is 0 Å². The predicted octanol–water partition coefficient (Wildman–Crippen LogP) is 3.55. The molecule has 0 amide bonds. The summed E-state index contributed by atoms with van der Waals surface area (Å²) in [5.74, 6) is 1.09. The molecule has 2 heterocycles. The average molecular weight is 284 g/mol. The van der Waals surface area contributed by atoms with Gasteiger partial charge in [0.2, 0.25) is 0 Å². The molecule has 1 aromatic carbocycles. The minimum Gasteiger partial charge on any atom is -0.449 e. The molecule has 0 unspecified atom stereocenters. The molecule has 1 aliphatic rings. The van der Waals surface area contributed by atoms with Crippen molar-refractivity contribution in [2.24, 2.45) is 5.92 Å². The van der Waals surface area contributed by atoms with Crippen molar-refractivity contribution in [2.75, 3.05) is 25.5 Å². The number of anilines is 2. The Morgan fingerprint density at radius 1 is 1.24 bits per heavy atom. The smallest absolute Gasteiger partial charge is 0.196 e. The minimum absolute atomic E-state index is 0.153. The van der Waals surface area contributed by atoms with Crippen molar-refractivity contribution in [1.29, 1.82) is 0 Å². The van der Waals surface area contributed by atoms with Gasteiger partial charge in [-0.1, -0.05) is 12.1 Å². The average Bonchev–Trinajstić information content (AvgIpc) is 3.00. The van der Waals surface area contributed by atoms with Gasteiger partial charge in [0.05, 0.1) is 6.26 Å². The number of carbonyl (C=O) groups is 1. The van der Waals surface area contributed by atoms with Gasteiger partial charge in [0.25, 0.3) is 0 Å². The highest BCUT2D eigenvalue weighted by molar-refractivity contribution is 5.98. The van der Waals surface area contributed by atoms with Crippen molar-refractivity contribution < 1.29 is 9.21 Å². The molecule has 21 heavy (non-hydrogen) atoms. The van der Waals surface area contributed by atoms with E-state index in [9.17, 15) is 4.79 Å². The number of nitrogens with zero attached hydrogens (tertiary/aromatic N) is 1. The molecule has 1 N–H and O–H groups in total. The van der Waals surface area contributed by atoms with Gasteiger partial charge in [0.1, 0.15) is 0 Å². The summed E-state index contributed by atoms with van der Waals surface area (Å²) in [6, 6.07) is 11.3. The Morgan fingerprint density at radius 2 is 2.05 bits per heavy atom. The van der Waals surface area contributed by atoms with Crippen LogP contribution in [0, 0.1) is 5.92 Å². The minimum atomic E-state index is 0.153. The van der Waals surface area contributed by atoms with E-state index in [-0.39, 0.29) is 11.7 Å². The molecule has 0 spiro atoms. The summed E-state index contributed by atoms with van der Waals surface area (Å²) in [6.45, 7) is 2.00. The molecular weight excluding hydrogens is 264 g/mol. The lowest BCUT2D eigenvalue weighted by Gasteiger charge is -2.28. The molecule has 0 bridgehead atoms. The fourth-order valence-corrected chi connectivity index (χ4v) is 2.75. The number of likely N-dealkylation sites (tertiary alicyclic amines) is 1. The van der Waals surface area contributed by atoms with Crippen molar-refractivity contribution >= 4 is 17.4 Å². The maximum Gasteiger partial charge on any atom is 0.196 e. The molecule has 3 rings (SSSR count). The first-order valence-corrected chi connectivity index (χ1v) is 7.36. The van der Waals surface area contributed by atoms with Gasteiger partial charge >= 0.3 is 0 Å². The van der Waals surface area contributed by atoms with E-state index >= 15 is 0 Å². The molecule has 4 heteroatoms. The van der Waals surface area contributed by atoms with Crippen LogP contribution in [0.3, 0.4) is 0 Å². The summed E-state index contributed by atoms with van der Waals surface area (Å²) in [5.41, 5.74) is 1.66. The van der Waals surface area contributed by atoms with Gasteiger partial charge < -0.3 is 14.6 Å². The van der Waals surface area contributed by atoms with Crippen LogP contribution < -0.4 is 5.32 Å². The Morgan fingerprint density at radius 3 is 2.76 bits per heavy atom. The third-order valence-electron chi connectivity index (χ3n) is 4.03. The summed E-state index contributed by atoms with van der Waals surface area (Å²) in [5, 5.41) is 3.16. The van der Waals surface area contributed by atoms with Gasteiger partial charge in [-0.05, 0) is 51.2 Å². The molecule has 1 saturated heterocycles. The number of Topliss-reactive ketones (excluding diaryl/α,β-unsaturated/α-hetero) is 1. The summed E-state index contributed by atoms with van der Waals surface area (Å²) in [7, 11) is 2.11. The zero-order valence-corrected chi connectivity index (χ0v) is 12.2. The first-order chi connectivity index (χ1) is 10.2. The van der Waals surface area contributed by atoms with Gasteiger partial charge in [-0.25, -0.2) is 0 Å². The van der Waals surface area contributed by atoms with E-state index < -0.39 is 0 Å². The van der Waals surface area contributed by atoms with E-state index in [0.717, 1.165) is 37.2 Å². The van der Waals surface area contributed by atoms with Gasteiger partial charge in [0, 0.05) is 23.2 Å². The van der Waals surface area contributed by atoms with Gasteiger partial charge in [-0.3, -0.25) is 4.79 Å². The SMILES string of the molecule is CN1CCC(C(=O)c2cccc(Nc3ccco3)c2)CC1. The quantitative estimate of drug-likeness (QED) is 0.872. The fourth-order valence-electron chi connectivity index (χ4n) is 2.75. The Labute approximate surface area is 124 Å². The number of hydrogen-bond acceptors (Lipinski definition) is 4. The second kappa shape index (κ2) is 6.14. The van der Waals surface area contributed by atoms with Crippen LogP contribution in [0.1, 0.15) is 23.2 Å². The number of ketones is 1. The summed E-state index contributed by atoms with van der Waals surface area (Å²) in [6.07, 6.45) is 3.52. The lowest BCUT2D eigenvalue weighted by Crippen LogP contribution is -2.33. The highest BCUT2D eigenvalue weighted by Crippen LogP contribution is 2.24. The Hall–Kier alpha value is -2.07. The molecule has 1 aliphatic heterocycles. The fraction of sp³-hybridized carbons (Fsp3) is 0.353. The molecule has 0 saturated carbocycles. The van der Waals surface area contributed by atoms with Crippen molar-refractivity contribution in [3.63, 3.8) is 0 Å². The maximum atomic E-state index is 12.6. The van der Waals surface area contributed by atoms with Gasteiger partial charge in [-0.15, -0.1) is 0 Å². The molecule has 2 aromatic rings. The molecule has 110 valence electrons. The number of rotatable bonds is 4. The highest BCUT2D eigenvalue weighted by atomic mass is 16.3. The number of carbonyl (C=O) groups excluding carboxylic acids is 1. The first kappa shape index (κ1) is 13.9. The number of piperidine rings is 1. The molecular formula is C17H20N2O2. The Balaban J connectivity index is 1.71. The predicted molar refractivity (Wildman–Crippen MR) is 83.0 cm³/mol. The summed E-state index contributed by atoms with van der Waals surface area (Å²) >= 11 is 0. The number of furan rings is 1. The highest BCUT2D eigenvalue weighted by Gasteiger charge is 2.24. The standard InChI is InChI=1S/C17H20N2O2/c1-19-9-7-13(8-10-19)17(20)14-4-2-5-15(12-14)18-16-6-3-11-21-16/h2-6,11-13,18H,7-10H2,1H3. The van der Waals surface area contributed by atoms with Crippen LogP contribution in [-0.2, 0) is 0 Å². The van der Waals surface area contributed by atoms with Crippen LogP contribution in [0.25, 0.3) is 0 Å². The number of hydrogen-bond donors (Lipinski definition) is 1. The van der Waals surface area contributed by atoms with Crippen LogP contribution in [-0.4, -0.2) is 30.8 Å².